The maximum absolute atomic E-state index is 6.09. The number of rotatable bonds is 3. The number of fused-ring (bicyclic) bond motifs is 1. The summed E-state index contributed by atoms with van der Waals surface area (Å²) >= 11 is 0. The predicted molar refractivity (Wildman–Crippen MR) is 76.7 cm³/mol. The van der Waals surface area contributed by atoms with Gasteiger partial charge >= 0.3 is 0 Å². The Balaban J connectivity index is 1.98. The third-order valence-corrected chi connectivity index (χ3v) is 5.53. The second kappa shape index (κ2) is 5.50. The number of hydrogen-bond acceptors (Lipinski definition) is 2. The van der Waals surface area contributed by atoms with Gasteiger partial charge < -0.3 is 10.1 Å². The Morgan fingerprint density at radius 2 is 2.00 bits per heavy atom. The van der Waals surface area contributed by atoms with Crippen molar-refractivity contribution < 1.29 is 4.74 Å². The normalized spacial score (nSPS) is 37.7. The summed E-state index contributed by atoms with van der Waals surface area (Å²) in [6, 6.07) is 1.14. The van der Waals surface area contributed by atoms with Crippen molar-refractivity contribution in [2.75, 3.05) is 6.61 Å². The van der Waals surface area contributed by atoms with Gasteiger partial charge in [0, 0.05) is 12.1 Å². The van der Waals surface area contributed by atoms with E-state index in [4.69, 9.17) is 4.74 Å². The Labute approximate surface area is 113 Å². The van der Waals surface area contributed by atoms with Gasteiger partial charge in [0.25, 0.3) is 0 Å². The maximum atomic E-state index is 6.09. The highest BCUT2D eigenvalue weighted by Gasteiger charge is 2.40. The molecule has 1 N–H and O–H groups in total. The van der Waals surface area contributed by atoms with E-state index in [1.165, 1.54) is 25.7 Å². The van der Waals surface area contributed by atoms with Crippen molar-refractivity contribution in [2.24, 2.45) is 17.3 Å². The van der Waals surface area contributed by atoms with E-state index in [1.54, 1.807) is 0 Å². The maximum Gasteiger partial charge on any atom is 0.0729 e. The minimum absolute atomic E-state index is 0.476. The lowest BCUT2D eigenvalue weighted by atomic mass is 9.67. The molecule has 2 rings (SSSR count). The van der Waals surface area contributed by atoms with Gasteiger partial charge in [0.15, 0.2) is 0 Å². The highest BCUT2D eigenvalue weighted by atomic mass is 16.5. The van der Waals surface area contributed by atoms with Crippen LogP contribution in [0.3, 0.4) is 0 Å². The summed E-state index contributed by atoms with van der Waals surface area (Å²) in [5.41, 5.74) is 0.484. The molecule has 0 aromatic carbocycles. The standard InChI is InChI=1S/C16H31NO/c1-6-16(4,5)12-7-8-15-13(9-12)17-14(10-18-15)11(2)3/h11-15,17H,6-10H2,1-5H3. The first kappa shape index (κ1) is 14.3. The van der Waals surface area contributed by atoms with E-state index in [2.05, 4.69) is 39.9 Å². The lowest BCUT2D eigenvalue weighted by Crippen LogP contribution is -2.58. The lowest BCUT2D eigenvalue weighted by Gasteiger charge is -2.47. The minimum atomic E-state index is 0.476. The molecule has 1 saturated heterocycles. The average molecular weight is 253 g/mol. The van der Waals surface area contributed by atoms with Gasteiger partial charge in [0.1, 0.15) is 0 Å². The van der Waals surface area contributed by atoms with Gasteiger partial charge in [-0.3, -0.25) is 0 Å². The van der Waals surface area contributed by atoms with Crippen molar-refractivity contribution in [3.05, 3.63) is 0 Å². The molecular weight excluding hydrogens is 222 g/mol. The van der Waals surface area contributed by atoms with Crippen molar-refractivity contribution in [1.82, 2.24) is 5.32 Å². The van der Waals surface area contributed by atoms with Gasteiger partial charge in [0.2, 0.25) is 0 Å². The van der Waals surface area contributed by atoms with Crippen molar-refractivity contribution in [3.63, 3.8) is 0 Å². The van der Waals surface area contributed by atoms with Crippen LogP contribution in [-0.2, 0) is 4.74 Å². The molecule has 18 heavy (non-hydrogen) atoms. The summed E-state index contributed by atoms with van der Waals surface area (Å²) in [7, 11) is 0. The molecule has 0 spiro atoms. The van der Waals surface area contributed by atoms with Crippen molar-refractivity contribution in [1.29, 1.82) is 0 Å². The monoisotopic (exact) mass is 253 g/mol. The molecule has 106 valence electrons. The highest BCUT2D eigenvalue weighted by Crippen LogP contribution is 2.42. The molecule has 0 amide bonds. The van der Waals surface area contributed by atoms with Crippen LogP contribution in [0.5, 0.6) is 0 Å². The fraction of sp³-hybridized carbons (Fsp3) is 1.00. The Bertz CT molecular complexity index is 274. The molecule has 0 aromatic rings. The van der Waals surface area contributed by atoms with Crippen molar-refractivity contribution in [3.8, 4) is 0 Å². The zero-order chi connectivity index (χ0) is 13.3. The molecule has 4 atom stereocenters. The van der Waals surface area contributed by atoms with Gasteiger partial charge in [-0.05, 0) is 36.5 Å². The summed E-state index contributed by atoms with van der Waals surface area (Å²) in [6.45, 7) is 12.7. The molecule has 1 aliphatic heterocycles. The Kier molecular flexibility index (Phi) is 4.38. The molecule has 4 unspecified atom stereocenters. The molecule has 2 aliphatic rings. The van der Waals surface area contributed by atoms with E-state index < -0.39 is 0 Å². The van der Waals surface area contributed by atoms with Crippen LogP contribution in [0, 0.1) is 17.3 Å². The molecule has 1 saturated carbocycles. The van der Waals surface area contributed by atoms with E-state index in [1.807, 2.05) is 0 Å². The molecule has 2 heteroatoms. The summed E-state index contributed by atoms with van der Waals surface area (Å²) in [5.74, 6) is 1.52. The van der Waals surface area contributed by atoms with Crippen LogP contribution < -0.4 is 5.32 Å². The lowest BCUT2D eigenvalue weighted by molar-refractivity contribution is -0.0734. The molecule has 1 heterocycles. The van der Waals surface area contributed by atoms with Crippen LogP contribution >= 0.6 is 0 Å². The molecule has 0 aromatic heterocycles. The molecule has 2 nitrogen and oxygen atoms in total. The first-order chi connectivity index (χ1) is 8.44. The third-order valence-electron chi connectivity index (χ3n) is 5.53. The summed E-state index contributed by atoms with van der Waals surface area (Å²) in [5, 5.41) is 3.86. The molecule has 2 fully saturated rings. The Hall–Kier alpha value is -0.0800. The second-order valence-electron chi connectivity index (χ2n) is 7.35. The molecule has 1 aliphatic carbocycles. The topological polar surface area (TPSA) is 21.3 Å². The minimum Gasteiger partial charge on any atom is -0.375 e. The van der Waals surface area contributed by atoms with Crippen molar-refractivity contribution in [2.45, 2.75) is 78.5 Å². The van der Waals surface area contributed by atoms with E-state index in [0.717, 1.165) is 12.5 Å². The smallest absolute Gasteiger partial charge is 0.0729 e. The number of hydrogen-bond donors (Lipinski definition) is 1. The quantitative estimate of drug-likeness (QED) is 0.829. The first-order valence-corrected chi connectivity index (χ1v) is 7.81. The third kappa shape index (κ3) is 2.91. The van der Waals surface area contributed by atoms with Gasteiger partial charge in [-0.2, -0.15) is 0 Å². The average Bonchev–Trinajstić information content (AvgIpc) is 2.37. The van der Waals surface area contributed by atoms with Crippen LogP contribution in [0.25, 0.3) is 0 Å². The van der Waals surface area contributed by atoms with Crippen molar-refractivity contribution >= 4 is 0 Å². The molecule has 0 radical (unpaired) electrons. The van der Waals surface area contributed by atoms with Gasteiger partial charge in [-0.25, -0.2) is 0 Å². The van der Waals surface area contributed by atoms with Crippen LogP contribution in [0.4, 0.5) is 0 Å². The number of nitrogens with one attached hydrogen (secondary N) is 1. The van der Waals surface area contributed by atoms with Crippen LogP contribution in [-0.4, -0.2) is 24.8 Å². The summed E-state index contributed by atoms with van der Waals surface area (Å²) in [6.07, 6.45) is 5.65. The van der Waals surface area contributed by atoms with E-state index in [-0.39, 0.29) is 0 Å². The molecule has 0 bridgehead atoms. The van der Waals surface area contributed by atoms with Crippen LogP contribution in [0.1, 0.15) is 60.3 Å². The summed E-state index contributed by atoms with van der Waals surface area (Å²) in [4.78, 5) is 0. The fourth-order valence-electron chi connectivity index (χ4n) is 3.45. The predicted octanol–water partition coefficient (Wildman–Crippen LogP) is 3.60. The SMILES string of the molecule is CCC(C)(C)C1CCC2OCC(C(C)C)NC2C1. The number of morpholine rings is 1. The van der Waals surface area contributed by atoms with E-state index >= 15 is 0 Å². The van der Waals surface area contributed by atoms with Crippen LogP contribution in [0.2, 0.25) is 0 Å². The van der Waals surface area contributed by atoms with E-state index in [9.17, 15) is 0 Å². The zero-order valence-electron chi connectivity index (χ0n) is 12.8. The Morgan fingerprint density at radius 1 is 1.28 bits per heavy atom. The molecular formula is C16H31NO. The van der Waals surface area contributed by atoms with Crippen LogP contribution in [0.15, 0.2) is 0 Å². The zero-order valence-corrected chi connectivity index (χ0v) is 12.8. The van der Waals surface area contributed by atoms with Gasteiger partial charge in [0.05, 0.1) is 12.7 Å². The fourth-order valence-corrected chi connectivity index (χ4v) is 3.45. The van der Waals surface area contributed by atoms with Gasteiger partial charge in [-0.1, -0.05) is 41.0 Å². The number of ether oxygens (including phenoxy) is 1. The van der Waals surface area contributed by atoms with Gasteiger partial charge in [-0.15, -0.1) is 0 Å². The van der Waals surface area contributed by atoms with E-state index in [0.29, 0.717) is 29.5 Å². The first-order valence-electron chi connectivity index (χ1n) is 7.81. The Morgan fingerprint density at radius 3 is 2.61 bits per heavy atom. The highest BCUT2D eigenvalue weighted by molar-refractivity contribution is 4.95. The largest absolute Gasteiger partial charge is 0.375 e. The summed E-state index contributed by atoms with van der Waals surface area (Å²) < 4.78 is 6.09. The second-order valence-corrected chi connectivity index (χ2v) is 7.35.